The van der Waals surface area contributed by atoms with Crippen molar-refractivity contribution in [2.45, 2.75) is 0 Å². The second kappa shape index (κ2) is 27.8. The van der Waals surface area contributed by atoms with Gasteiger partial charge in [0.25, 0.3) is 0 Å². The second-order valence-electron chi connectivity index (χ2n) is 0. The summed E-state index contributed by atoms with van der Waals surface area (Å²) in [7, 11) is 0. The first-order valence-corrected chi connectivity index (χ1v) is 0. The Balaban J connectivity index is 0. The summed E-state index contributed by atoms with van der Waals surface area (Å²) in [6.45, 7) is 0. The Morgan fingerprint density at radius 3 is 1.00 bits per heavy atom. The van der Waals surface area contributed by atoms with Gasteiger partial charge in [0.05, 0.1) is 0 Å². The summed E-state index contributed by atoms with van der Waals surface area (Å²) in [5.74, 6) is 0. The van der Waals surface area contributed by atoms with E-state index >= 15 is 0 Å². The number of rotatable bonds is 0. The Hall–Kier alpha value is 3.04. The minimum Gasteiger partial charge on any atom is 0 e. The molecule has 0 heterocycles. The topological polar surface area (TPSA) is 0 Å². The summed E-state index contributed by atoms with van der Waals surface area (Å²) in [4.78, 5) is 0. The Morgan fingerprint density at radius 1 is 1.00 bits per heavy atom. The van der Waals surface area contributed by atoms with E-state index in [1.54, 1.807) is 0 Å². The maximum absolute atomic E-state index is 0. The van der Waals surface area contributed by atoms with Crippen molar-refractivity contribution in [2.75, 3.05) is 0 Å². The Bertz CT molecular complexity index is 11.6. The summed E-state index contributed by atoms with van der Waals surface area (Å²) in [5, 5.41) is 0. The van der Waals surface area contributed by atoms with Gasteiger partial charge in [-0.3, -0.25) is 0 Å². The molecule has 5 heavy (non-hydrogen) atoms. The monoisotopic (exact) mass is 278 g/mol. The van der Waals surface area contributed by atoms with Gasteiger partial charge in [-0.15, -0.1) is 0 Å². The van der Waals surface area contributed by atoms with Gasteiger partial charge in [0, 0.05) is 102 Å². The van der Waals surface area contributed by atoms with Gasteiger partial charge in [-0.1, -0.05) is 0 Å². The molecule has 0 N–H and O–H groups in total. The molecule has 0 amide bonds. The first-order chi connectivity index (χ1) is 0. The zero-order valence-corrected chi connectivity index (χ0v) is 7.90. The van der Waals surface area contributed by atoms with Crippen molar-refractivity contribution in [3.8, 4) is 0 Å². The van der Waals surface area contributed by atoms with E-state index in [2.05, 4.69) is 0 Å². The van der Waals surface area contributed by atoms with Gasteiger partial charge in [0.2, 0.25) is 0 Å². The smallest absolute Gasteiger partial charge is 0 e. The van der Waals surface area contributed by atoms with Crippen LogP contribution in [0, 0.1) is 7.43 Å². The minimum absolute atomic E-state index is 0. The van der Waals surface area contributed by atoms with Crippen molar-refractivity contribution in [1.29, 1.82) is 0 Å². The third kappa shape index (κ3) is 19.4. The quantitative estimate of drug-likeness (QED) is 0.534. The molecule has 8 radical (unpaired) electrons. The van der Waals surface area contributed by atoms with Gasteiger partial charge in [-0.05, 0) is 0 Å². The molecule has 0 aliphatic rings. The molecule has 0 aromatic heterocycles. The molecular weight excluding hydrogens is 279 g/mol. The molecule has 0 aliphatic carbocycles. The first-order valence-electron chi connectivity index (χ1n) is 0. The first kappa shape index (κ1) is 43.1. The van der Waals surface area contributed by atoms with Crippen LogP contribution in [0.4, 0.5) is 0 Å². The Kier molecular flexibility index (Phi) is 240. The minimum atomic E-state index is 0. The largest absolute Gasteiger partial charge is 0 e. The predicted octanol–water partition coefficient (Wildman–Crippen LogP) is -0.307. The van der Waals surface area contributed by atoms with Crippen LogP contribution in [0.3, 0.4) is 0 Å². The van der Waals surface area contributed by atoms with E-state index in [9.17, 15) is 0 Å². The molecule has 0 rings (SSSR count). The third-order valence-electron chi connectivity index (χ3n) is 0. The van der Waals surface area contributed by atoms with E-state index in [1.165, 1.54) is 0 Å². The fourth-order valence-electron chi connectivity index (χ4n) is 0. The fraction of sp³-hybridized carbons (Fsp3) is 0. The van der Waals surface area contributed by atoms with E-state index in [4.69, 9.17) is 0 Å². The van der Waals surface area contributed by atoms with E-state index in [1.807, 2.05) is 0 Å². The van der Waals surface area contributed by atoms with Gasteiger partial charge < -0.3 is 0 Å². The van der Waals surface area contributed by atoms with Gasteiger partial charge in [-0.25, -0.2) is 0 Å². The summed E-state index contributed by atoms with van der Waals surface area (Å²) in [5.41, 5.74) is 0. The van der Waals surface area contributed by atoms with E-state index < -0.39 is 0 Å². The van der Waals surface area contributed by atoms with Crippen molar-refractivity contribution < 1.29 is 56.5 Å². The van der Waals surface area contributed by atoms with Gasteiger partial charge in [0.1, 0.15) is 0 Å². The summed E-state index contributed by atoms with van der Waals surface area (Å²) >= 11 is 0. The van der Waals surface area contributed by atoms with Crippen LogP contribution in [0.15, 0.2) is 0 Å². The molecule has 0 saturated carbocycles. The molecule has 36 valence electrons. The molecular formula is CAgCaCuFe. The van der Waals surface area contributed by atoms with Gasteiger partial charge >= 0.3 is 0 Å². The molecule has 4 heteroatoms. The van der Waals surface area contributed by atoms with Gasteiger partial charge in [0.15, 0.2) is 0 Å². The maximum atomic E-state index is 0. The zero-order chi connectivity index (χ0) is 0. The van der Waals surface area contributed by atoms with Crippen LogP contribution in [-0.4, -0.2) is 37.7 Å². The van der Waals surface area contributed by atoms with Gasteiger partial charge in [-0.2, -0.15) is 0 Å². The van der Waals surface area contributed by atoms with Crippen LogP contribution < -0.4 is 0 Å². The van der Waals surface area contributed by atoms with E-state index in [0.29, 0.717) is 0 Å². The van der Waals surface area contributed by atoms with Crippen LogP contribution >= 0.6 is 0 Å². The van der Waals surface area contributed by atoms with Crippen LogP contribution in [0.2, 0.25) is 0 Å². The number of hydrogen-bond acceptors (Lipinski definition) is 0. The summed E-state index contributed by atoms with van der Waals surface area (Å²) in [6.07, 6.45) is 0. The molecule has 0 spiro atoms. The van der Waals surface area contributed by atoms with Crippen molar-refractivity contribution in [3.05, 3.63) is 7.43 Å². The molecule has 0 aromatic carbocycles. The Labute approximate surface area is 99.7 Å². The summed E-state index contributed by atoms with van der Waals surface area (Å²) in [6, 6.07) is 0. The molecule has 0 saturated heterocycles. The van der Waals surface area contributed by atoms with Crippen LogP contribution in [0.1, 0.15) is 0 Å². The fourth-order valence-corrected chi connectivity index (χ4v) is 0. The maximum Gasteiger partial charge on any atom is 0 e. The standard InChI is InChI=1S/C.Ag.Ca.Cu.Fe. The molecule has 0 fully saturated rings. The Morgan fingerprint density at radius 2 is 1.00 bits per heavy atom. The molecule has 0 unspecified atom stereocenters. The van der Waals surface area contributed by atoms with Crippen LogP contribution in [0.5, 0.6) is 0 Å². The second-order valence-corrected chi connectivity index (χ2v) is 0. The van der Waals surface area contributed by atoms with Crippen LogP contribution in [0.25, 0.3) is 0 Å². The van der Waals surface area contributed by atoms with Crippen molar-refractivity contribution in [2.24, 2.45) is 0 Å². The molecule has 0 aliphatic heterocycles. The molecule has 0 aromatic rings. The molecule has 0 bridgehead atoms. The van der Waals surface area contributed by atoms with Crippen LogP contribution in [-0.2, 0) is 56.5 Å². The molecule has 0 atom stereocenters. The van der Waals surface area contributed by atoms with E-state index in [-0.39, 0.29) is 102 Å². The van der Waals surface area contributed by atoms with Crippen molar-refractivity contribution in [1.82, 2.24) is 0 Å². The normalized spacial score (nSPS) is 0. The average molecular weight is 279 g/mol. The van der Waals surface area contributed by atoms with E-state index in [0.717, 1.165) is 0 Å². The predicted molar refractivity (Wildman–Crippen MR) is 9.00 cm³/mol. The number of hydrogen-bond donors (Lipinski definition) is 0. The van der Waals surface area contributed by atoms with Crippen molar-refractivity contribution in [3.63, 3.8) is 0 Å². The molecule has 0 nitrogen and oxygen atoms in total. The third-order valence-corrected chi connectivity index (χ3v) is 0. The van der Waals surface area contributed by atoms with Crippen molar-refractivity contribution >= 4 is 37.7 Å². The summed E-state index contributed by atoms with van der Waals surface area (Å²) < 4.78 is 0. The SMILES string of the molecule is [Ag].[C].[Ca].[Cu].[Fe]. The zero-order valence-electron chi connectivity index (χ0n) is 2.16. The average Bonchev–Trinajstić information content (AvgIpc) is 0.